The molecule has 0 spiro atoms. The zero-order valence-electron chi connectivity index (χ0n) is 15.8. The van der Waals surface area contributed by atoms with Crippen LogP contribution in [0.15, 0.2) is 83.9 Å². The van der Waals surface area contributed by atoms with Crippen LogP contribution in [0, 0.1) is 0 Å². The maximum atomic E-state index is 12.6. The largest absolute Gasteiger partial charge is 0.457 e. The SMILES string of the molecule is O=C1CC(c2ccc(Cl)cc2)N=C(NC(=O)c2ccc(Oc3ccccc3)cc2)N1. The minimum absolute atomic E-state index is 0.126. The van der Waals surface area contributed by atoms with Gasteiger partial charge in [-0.1, -0.05) is 41.9 Å². The fourth-order valence-electron chi connectivity index (χ4n) is 3.01. The Bertz CT molecular complexity index is 1080. The molecule has 6 nitrogen and oxygen atoms in total. The molecule has 0 aliphatic carbocycles. The van der Waals surface area contributed by atoms with Gasteiger partial charge in [0.2, 0.25) is 11.9 Å². The summed E-state index contributed by atoms with van der Waals surface area (Å²) in [5.41, 5.74) is 1.27. The normalized spacial score (nSPS) is 15.7. The van der Waals surface area contributed by atoms with E-state index < -0.39 is 0 Å². The molecule has 3 aromatic carbocycles. The number of para-hydroxylation sites is 1. The van der Waals surface area contributed by atoms with E-state index in [0.717, 1.165) is 5.56 Å². The summed E-state index contributed by atoms with van der Waals surface area (Å²) in [5.74, 6) is 0.857. The summed E-state index contributed by atoms with van der Waals surface area (Å²) in [6.07, 6.45) is 0.201. The fourth-order valence-corrected chi connectivity index (χ4v) is 3.14. The van der Waals surface area contributed by atoms with Crippen LogP contribution >= 0.6 is 11.6 Å². The van der Waals surface area contributed by atoms with E-state index in [1.807, 2.05) is 42.5 Å². The summed E-state index contributed by atoms with van der Waals surface area (Å²) in [6.45, 7) is 0. The van der Waals surface area contributed by atoms with E-state index in [9.17, 15) is 9.59 Å². The highest BCUT2D eigenvalue weighted by Gasteiger charge is 2.23. The number of guanidine groups is 1. The number of benzene rings is 3. The van der Waals surface area contributed by atoms with Gasteiger partial charge in [-0.2, -0.15) is 0 Å². The van der Waals surface area contributed by atoms with E-state index >= 15 is 0 Å². The molecule has 3 aromatic rings. The third-order valence-electron chi connectivity index (χ3n) is 4.50. The van der Waals surface area contributed by atoms with Crippen LogP contribution in [0.25, 0.3) is 0 Å². The second-order valence-electron chi connectivity index (χ2n) is 6.69. The van der Waals surface area contributed by atoms with Gasteiger partial charge in [0.1, 0.15) is 11.5 Å². The van der Waals surface area contributed by atoms with Crippen LogP contribution in [-0.4, -0.2) is 17.8 Å². The molecule has 1 aliphatic heterocycles. The van der Waals surface area contributed by atoms with Crippen molar-refractivity contribution >= 4 is 29.4 Å². The lowest BCUT2D eigenvalue weighted by Gasteiger charge is -2.21. The average Bonchev–Trinajstić information content (AvgIpc) is 2.75. The summed E-state index contributed by atoms with van der Waals surface area (Å²) >= 11 is 5.92. The molecule has 0 saturated heterocycles. The predicted molar refractivity (Wildman–Crippen MR) is 115 cm³/mol. The van der Waals surface area contributed by atoms with Crippen molar-refractivity contribution in [2.24, 2.45) is 4.99 Å². The third-order valence-corrected chi connectivity index (χ3v) is 4.76. The zero-order chi connectivity index (χ0) is 20.9. The van der Waals surface area contributed by atoms with Gasteiger partial charge in [0.25, 0.3) is 5.91 Å². The first kappa shape index (κ1) is 19.7. The van der Waals surface area contributed by atoms with Gasteiger partial charge in [0, 0.05) is 10.6 Å². The van der Waals surface area contributed by atoms with Crippen molar-refractivity contribution in [2.45, 2.75) is 12.5 Å². The van der Waals surface area contributed by atoms with Crippen LogP contribution in [0.3, 0.4) is 0 Å². The van der Waals surface area contributed by atoms with Gasteiger partial charge in [-0.05, 0) is 54.1 Å². The van der Waals surface area contributed by atoms with Crippen molar-refractivity contribution in [1.82, 2.24) is 10.6 Å². The molecule has 7 heteroatoms. The number of hydrogen-bond donors (Lipinski definition) is 2. The Labute approximate surface area is 178 Å². The molecule has 0 radical (unpaired) electrons. The number of ether oxygens (including phenoxy) is 1. The van der Waals surface area contributed by atoms with Crippen LogP contribution < -0.4 is 15.4 Å². The minimum atomic E-state index is -0.382. The lowest BCUT2D eigenvalue weighted by Crippen LogP contribution is -2.47. The Balaban J connectivity index is 1.44. The highest BCUT2D eigenvalue weighted by atomic mass is 35.5. The van der Waals surface area contributed by atoms with Gasteiger partial charge in [-0.15, -0.1) is 0 Å². The average molecular weight is 420 g/mol. The van der Waals surface area contributed by atoms with E-state index in [4.69, 9.17) is 16.3 Å². The number of nitrogens with one attached hydrogen (secondary N) is 2. The van der Waals surface area contributed by atoms with Gasteiger partial charge in [0.05, 0.1) is 12.5 Å². The van der Waals surface area contributed by atoms with E-state index in [0.29, 0.717) is 22.1 Å². The standard InChI is InChI=1S/C23H18ClN3O3/c24-17-10-6-15(7-11-17)20-14-21(28)26-23(25-20)27-22(29)16-8-12-19(13-9-16)30-18-4-2-1-3-5-18/h1-13,20H,14H2,(H2,25,26,27,28,29). The quantitative estimate of drug-likeness (QED) is 0.654. The van der Waals surface area contributed by atoms with Crippen LogP contribution in [0.4, 0.5) is 0 Å². The number of halogens is 1. The smallest absolute Gasteiger partial charge is 0.257 e. The monoisotopic (exact) mass is 419 g/mol. The van der Waals surface area contributed by atoms with E-state index in [1.165, 1.54) is 0 Å². The number of carbonyl (C=O) groups excluding carboxylic acids is 2. The molecule has 2 N–H and O–H groups in total. The highest BCUT2D eigenvalue weighted by molar-refractivity contribution is 6.30. The molecule has 150 valence electrons. The summed E-state index contributed by atoms with van der Waals surface area (Å²) in [4.78, 5) is 29.1. The van der Waals surface area contributed by atoms with Gasteiger partial charge in [0.15, 0.2) is 0 Å². The molecule has 0 aromatic heterocycles. The number of aliphatic imine (C=N–C) groups is 1. The first-order chi connectivity index (χ1) is 14.6. The Morgan fingerprint density at radius 2 is 1.63 bits per heavy atom. The molecule has 4 rings (SSSR count). The lowest BCUT2D eigenvalue weighted by molar-refractivity contribution is -0.120. The number of nitrogens with zero attached hydrogens (tertiary/aromatic N) is 1. The topological polar surface area (TPSA) is 79.8 Å². The zero-order valence-corrected chi connectivity index (χ0v) is 16.6. The molecular weight excluding hydrogens is 402 g/mol. The first-order valence-electron chi connectivity index (χ1n) is 9.34. The Hall–Kier alpha value is -3.64. The summed E-state index contributed by atoms with van der Waals surface area (Å²) in [6, 6.07) is 22.8. The molecule has 1 unspecified atom stereocenters. The van der Waals surface area contributed by atoms with Crippen molar-refractivity contribution < 1.29 is 14.3 Å². The van der Waals surface area contributed by atoms with Crippen molar-refractivity contribution in [3.8, 4) is 11.5 Å². The maximum Gasteiger partial charge on any atom is 0.257 e. The molecule has 30 heavy (non-hydrogen) atoms. The molecule has 0 saturated carbocycles. The number of hydrogen-bond acceptors (Lipinski definition) is 4. The van der Waals surface area contributed by atoms with Gasteiger partial charge < -0.3 is 4.74 Å². The number of rotatable bonds is 4. The Morgan fingerprint density at radius 3 is 2.33 bits per heavy atom. The van der Waals surface area contributed by atoms with Gasteiger partial charge in [-0.3, -0.25) is 20.2 Å². The second-order valence-corrected chi connectivity index (χ2v) is 7.13. The molecule has 2 amide bonds. The Kier molecular flexibility index (Phi) is 5.77. The van der Waals surface area contributed by atoms with Crippen molar-refractivity contribution in [3.63, 3.8) is 0 Å². The molecule has 1 atom stereocenters. The van der Waals surface area contributed by atoms with Crippen LogP contribution in [0.5, 0.6) is 11.5 Å². The summed E-state index contributed by atoms with van der Waals surface area (Å²) in [7, 11) is 0. The maximum absolute atomic E-state index is 12.6. The van der Waals surface area contributed by atoms with Crippen molar-refractivity contribution in [1.29, 1.82) is 0 Å². The van der Waals surface area contributed by atoms with E-state index in [1.54, 1.807) is 36.4 Å². The highest BCUT2D eigenvalue weighted by Crippen LogP contribution is 2.25. The van der Waals surface area contributed by atoms with Crippen LogP contribution in [0.1, 0.15) is 28.4 Å². The lowest BCUT2D eigenvalue weighted by atomic mass is 10.0. The Morgan fingerprint density at radius 1 is 0.967 bits per heavy atom. The second kappa shape index (κ2) is 8.80. The number of carbonyl (C=O) groups is 2. The molecule has 0 fully saturated rings. The minimum Gasteiger partial charge on any atom is -0.457 e. The predicted octanol–water partition coefficient (Wildman–Crippen LogP) is 4.48. The molecule has 0 bridgehead atoms. The third kappa shape index (κ3) is 4.85. The molecule has 1 aliphatic rings. The van der Waals surface area contributed by atoms with E-state index in [-0.39, 0.29) is 30.2 Å². The molecule has 1 heterocycles. The van der Waals surface area contributed by atoms with Gasteiger partial charge >= 0.3 is 0 Å². The molecular formula is C23H18ClN3O3. The summed E-state index contributed by atoms with van der Waals surface area (Å²) in [5, 5.41) is 5.87. The van der Waals surface area contributed by atoms with Crippen molar-refractivity contribution in [2.75, 3.05) is 0 Å². The first-order valence-corrected chi connectivity index (χ1v) is 9.72. The van der Waals surface area contributed by atoms with Crippen LogP contribution in [-0.2, 0) is 4.79 Å². The van der Waals surface area contributed by atoms with Crippen LogP contribution in [0.2, 0.25) is 5.02 Å². The van der Waals surface area contributed by atoms with Crippen molar-refractivity contribution in [3.05, 3.63) is 95.0 Å². The van der Waals surface area contributed by atoms with E-state index in [2.05, 4.69) is 15.6 Å². The summed E-state index contributed by atoms with van der Waals surface area (Å²) < 4.78 is 5.73. The van der Waals surface area contributed by atoms with Gasteiger partial charge in [-0.25, -0.2) is 4.99 Å². The fraction of sp³-hybridized carbons (Fsp3) is 0.0870. The number of amides is 2.